The van der Waals surface area contributed by atoms with Crippen LogP contribution in [0.4, 0.5) is 4.39 Å². The van der Waals surface area contributed by atoms with Gasteiger partial charge in [-0.3, -0.25) is 4.79 Å². The molecule has 0 saturated heterocycles. The summed E-state index contributed by atoms with van der Waals surface area (Å²) in [7, 11) is -0.930. The number of fused-ring (bicyclic) bond motifs is 1. The Hall–Kier alpha value is -2.77. The number of H-pyrrole nitrogens is 1. The molecule has 0 unspecified atom stereocenters. The molecule has 3 rings (SSSR count). The normalized spacial score (nSPS) is 11.9. The minimum absolute atomic E-state index is 0.0594. The number of hydrogen-bond acceptors (Lipinski definition) is 4. The topological polar surface area (TPSA) is 68.4 Å². The summed E-state index contributed by atoms with van der Waals surface area (Å²) in [6, 6.07) is 8.77. The smallest absolute Gasteiger partial charge is 0.343 e. The molecule has 0 aliphatic heterocycles. The first kappa shape index (κ1) is 23.9. The fourth-order valence-corrected chi connectivity index (χ4v) is 3.92. The zero-order valence-electron chi connectivity index (χ0n) is 19.4. The number of nitrogens with one attached hydrogen (secondary N) is 1. The molecule has 5 nitrogen and oxygen atoms in total. The average molecular weight is 455 g/mol. The third-order valence-corrected chi connectivity index (χ3v) is 5.96. The maximum Gasteiger partial charge on any atom is 0.343 e. The van der Waals surface area contributed by atoms with Gasteiger partial charge in [0.05, 0.1) is 18.7 Å². The lowest BCUT2D eigenvalue weighted by atomic mass is 9.84. The summed E-state index contributed by atoms with van der Waals surface area (Å²) in [4.78, 5) is 27.7. The summed E-state index contributed by atoms with van der Waals surface area (Å²) in [5, 5.41) is 0.105. The highest BCUT2D eigenvalue weighted by Crippen LogP contribution is 2.33. The van der Waals surface area contributed by atoms with Crippen LogP contribution >= 0.6 is 0 Å². The Balaban J connectivity index is 2.16. The fourth-order valence-electron chi connectivity index (χ4n) is 3.47. The summed E-state index contributed by atoms with van der Waals surface area (Å²) in [5.74, 6) is -1.26. The predicted octanol–water partition coefficient (Wildman–Crippen LogP) is 5.58. The van der Waals surface area contributed by atoms with Crippen molar-refractivity contribution in [3.8, 4) is 11.1 Å². The maximum absolute atomic E-state index is 15.3. The number of carbonyl (C=O) groups is 1. The van der Waals surface area contributed by atoms with Gasteiger partial charge in [0.25, 0.3) is 0 Å². The van der Waals surface area contributed by atoms with Crippen LogP contribution in [0.3, 0.4) is 0 Å². The Kier molecular flexibility index (Phi) is 7.00. The highest BCUT2D eigenvalue weighted by atomic mass is 28.3. The lowest BCUT2D eigenvalue weighted by molar-refractivity contribution is 0.0524. The molecule has 2 aromatic carbocycles. The van der Waals surface area contributed by atoms with Gasteiger partial charge < -0.3 is 14.1 Å². The van der Waals surface area contributed by atoms with Gasteiger partial charge in [-0.2, -0.15) is 0 Å². The second-order valence-corrected chi connectivity index (χ2v) is 11.1. The van der Waals surface area contributed by atoms with Gasteiger partial charge in [0, 0.05) is 17.1 Å². The van der Waals surface area contributed by atoms with E-state index in [0.717, 1.165) is 16.7 Å². The molecule has 7 heteroatoms. The van der Waals surface area contributed by atoms with Crippen molar-refractivity contribution in [2.45, 2.75) is 52.8 Å². The van der Waals surface area contributed by atoms with Crippen LogP contribution in [0, 0.1) is 5.82 Å². The standard InChI is InChI=1S/C25H29FNO4Si/c1-7-30-24(29)20-13-27-22-12-18(21(26)11-19(22)23(20)28)17-9-8-16(25(2,3)4)10-15(17)14-31-32(5)6/h8-13H,7,14H2,1-6H3,(H,27,28). The first-order chi connectivity index (χ1) is 15.0. The molecule has 1 heterocycles. The summed E-state index contributed by atoms with van der Waals surface area (Å²) in [5.41, 5.74) is 2.81. The molecule has 0 atom stereocenters. The molecule has 0 saturated carbocycles. The highest BCUT2D eigenvalue weighted by molar-refractivity contribution is 6.48. The van der Waals surface area contributed by atoms with Gasteiger partial charge in [-0.05, 0) is 54.3 Å². The van der Waals surface area contributed by atoms with Crippen molar-refractivity contribution in [1.29, 1.82) is 0 Å². The number of halogens is 1. The molecular weight excluding hydrogens is 425 g/mol. The molecule has 0 spiro atoms. The molecule has 1 radical (unpaired) electrons. The van der Waals surface area contributed by atoms with Crippen molar-refractivity contribution in [3.05, 3.63) is 69.3 Å². The molecule has 1 N–H and O–H groups in total. The minimum atomic E-state index is -0.930. The highest BCUT2D eigenvalue weighted by Gasteiger charge is 2.20. The largest absolute Gasteiger partial charge is 0.462 e. The van der Waals surface area contributed by atoms with E-state index in [1.807, 2.05) is 12.1 Å². The monoisotopic (exact) mass is 454 g/mol. The molecule has 32 heavy (non-hydrogen) atoms. The molecule has 0 bridgehead atoms. The first-order valence-electron chi connectivity index (χ1n) is 10.6. The molecule has 0 aliphatic rings. The Bertz CT molecular complexity index is 1210. The van der Waals surface area contributed by atoms with Crippen LogP contribution in [0.5, 0.6) is 0 Å². The second-order valence-electron chi connectivity index (χ2n) is 8.95. The quantitative estimate of drug-likeness (QED) is 0.390. The van der Waals surface area contributed by atoms with Crippen molar-refractivity contribution in [1.82, 2.24) is 4.98 Å². The number of aromatic amines is 1. The number of esters is 1. The van der Waals surface area contributed by atoms with Crippen molar-refractivity contribution in [3.63, 3.8) is 0 Å². The van der Waals surface area contributed by atoms with Crippen molar-refractivity contribution < 1.29 is 18.3 Å². The van der Waals surface area contributed by atoms with Gasteiger partial charge >= 0.3 is 5.97 Å². The summed E-state index contributed by atoms with van der Waals surface area (Å²) in [6.07, 6.45) is 1.32. The summed E-state index contributed by atoms with van der Waals surface area (Å²) < 4.78 is 26.1. The molecule has 1 aromatic heterocycles. The van der Waals surface area contributed by atoms with E-state index >= 15 is 4.39 Å². The SMILES string of the molecule is CCOC(=O)c1c[nH]c2cc(-c3ccc(C(C)(C)C)cc3CO[Si](C)C)c(F)cc2c1=O. The van der Waals surface area contributed by atoms with Crippen LogP contribution in [0.25, 0.3) is 22.0 Å². The Morgan fingerprint density at radius 3 is 2.47 bits per heavy atom. The van der Waals surface area contributed by atoms with E-state index in [-0.39, 0.29) is 23.0 Å². The number of benzene rings is 2. The van der Waals surface area contributed by atoms with Crippen LogP contribution < -0.4 is 5.43 Å². The van der Waals surface area contributed by atoms with Crippen LogP contribution in [0.15, 0.2) is 41.3 Å². The number of ether oxygens (including phenoxy) is 1. The number of carbonyl (C=O) groups excluding carboxylic acids is 1. The van der Waals surface area contributed by atoms with E-state index in [0.29, 0.717) is 17.7 Å². The third kappa shape index (κ3) is 5.00. The number of pyridine rings is 1. The van der Waals surface area contributed by atoms with Crippen molar-refractivity contribution in [2.75, 3.05) is 6.61 Å². The van der Waals surface area contributed by atoms with Crippen LogP contribution in [-0.4, -0.2) is 26.6 Å². The number of aromatic nitrogens is 1. The third-order valence-electron chi connectivity index (χ3n) is 5.24. The van der Waals surface area contributed by atoms with Crippen LogP contribution in [0.1, 0.15) is 49.2 Å². The van der Waals surface area contributed by atoms with Gasteiger partial charge in [-0.15, -0.1) is 0 Å². The van der Waals surface area contributed by atoms with Crippen LogP contribution in [-0.2, 0) is 21.2 Å². The first-order valence-corrected chi connectivity index (χ1v) is 13.0. The number of rotatable bonds is 6. The second kappa shape index (κ2) is 9.38. The zero-order valence-corrected chi connectivity index (χ0v) is 20.4. The van der Waals surface area contributed by atoms with Gasteiger partial charge in [-0.1, -0.05) is 39.0 Å². The maximum atomic E-state index is 15.3. The van der Waals surface area contributed by atoms with Gasteiger partial charge in [0.1, 0.15) is 11.4 Å². The van der Waals surface area contributed by atoms with Gasteiger partial charge in [0.2, 0.25) is 14.5 Å². The molecule has 169 valence electrons. The fraction of sp³-hybridized carbons (Fsp3) is 0.360. The lowest BCUT2D eigenvalue weighted by Gasteiger charge is -2.22. The van der Waals surface area contributed by atoms with Gasteiger partial charge in [-0.25, -0.2) is 9.18 Å². The summed E-state index contributed by atoms with van der Waals surface area (Å²) >= 11 is 0. The number of hydrogen-bond donors (Lipinski definition) is 1. The average Bonchev–Trinajstić information content (AvgIpc) is 2.72. The molecule has 0 amide bonds. The Morgan fingerprint density at radius 1 is 1.12 bits per heavy atom. The van der Waals surface area contributed by atoms with E-state index in [4.69, 9.17) is 9.16 Å². The molecule has 0 aliphatic carbocycles. The summed E-state index contributed by atoms with van der Waals surface area (Å²) in [6.45, 7) is 12.7. The van der Waals surface area contributed by atoms with E-state index in [9.17, 15) is 9.59 Å². The van der Waals surface area contributed by atoms with Crippen molar-refractivity contribution in [2.24, 2.45) is 0 Å². The van der Waals surface area contributed by atoms with E-state index in [1.54, 1.807) is 13.0 Å². The lowest BCUT2D eigenvalue weighted by Crippen LogP contribution is -2.18. The van der Waals surface area contributed by atoms with Crippen molar-refractivity contribution >= 4 is 25.9 Å². The Morgan fingerprint density at radius 2 is 1.84 bits per heavy atom. The molecular formula is C25H29FNO4Si. The molecule has 0 fully saturated rings. The molecule has 3 aromatic rings. The van der Waals surface area contributed by atoms with Crippen LogP contribution in [0.2, 0.25) is 13.1 Å². The predicted molar refractivity (Wildman–Crippen MR) is 127 cm³/mol. The van der Waals surface area contributed by atoms with E-state index < -0.39 is 26.3 Å². The van der Waals surface area contributed by atoms with Gasteiger partial charge in [0.15, 0.2) is 0 Å². The minimum Gasteiger partial charge on any atom is -0.462 e. The van der Waals surface area contributed by atoms with E-state index in [1.165, 1.54) is 12.3 Å². The Labute approximate surface area is 189 Å². The zero-order chi connectivity index (χ0) is 23.6. The van der Waals surface area contributed by atoms with E-state index in [2.05, 4.69) is 44.9 Å².